The van der Waals surface area contributed by atoms with Crippen LogP contribution in [0.15, 0.2) is 28.7 Å². The van der Waals surface area contributed by atoms with Gasteiger partial charge in [0, 0.05) is 10.4 Å². The van der Waals surface area contributed by atoms with Crippen LogP contribution in [0.3, 0.4) is 0 Å². The second-order valence-corrected chi connectivity index (χ2v) is 6.45. The Morgan fingerprint density at radius 1 is 1.29 bits per heavy atom. The summed E-state index contributed by atoms with van der Waals surface area (Å²) in [6.07, 6.45) is 0. The van der Waals surface area contributed by atoms with Crippen LogP contribution in [-0.4, -0.2) is 16.6 Å². The van der Waals surface area contributed by atoms with Gasteiger partial charge in [-0.3, -0.25) is 0 Å². The van der Waals surface area contributed by atoms with Crippen molar-refractivity contribution in [3.63, 3.8) is 0 Å². The molecule has 110 valence electrons. The molecule has 0 spiro atoms. The normalized spacial score (nSPS) is 13.2. The third kappa shape index (κ3) is 2.69. The minimum atomic E-state index is -0.0476. The molecule has 1 atom stereocenters. The average molecular weight is 322 g/mol. The van der Waals surface area contributed by atoms with E-state index in [1.807, 2.05) is 31.3 Å². The SMILES string of the molecule is CNC(c1cc2cc(Cl)ccc2o1)c1snnc1C(C)C. The summed E-state index contributed by atoms with van der Waals surface area (Å²) in [7, 11) is 1.91. The van der Waals surface area contributed by atoms with Crippen LogP contribution in [0.25, 0.3) is 11.0 Å². The van der Waals surface area contributed by atoms with E-state index in [0.29, 0.717) is 10.9 Å². The van der Waals surface area contributed by atoms with E-state index in [9.17, 15) is 0 Å². The van der Waals surface area contributed by atoms with E-state index in [4.69, 9.17) is 16.0 Å². The van der Waals surface area contributed by atoms with Crippen LogP contribution in [0, 0.1) is 0 Å². The van der Waals surface area contributed by atoms with E-state index in [0.717, 1.165) is 27.3 Å². The summed E-state index contributed by atoms with van der Waals surface area (Å²) in [6.45, 7) is 4.23. The number of nitrogens with one attached hydrogen (secondary N) is 1. The fourth-order valence-electron chi connectivity index (χ4n) is 2.38. The second-order valence-electron chi connectivity index (χ2n) is 5.23. The van der Waals surface area contributed by atoms with Crippen molar-refractivity contribution in [1.29, 1.82) is 0 Å². The van der Waals surface area contributed by atoms with Crippen molar-refractivity contribution in [3.05, 3.63) is 45.6 Å². The molecular weight excluding hydrogens is 306 g/mol. The summed E-state index contributed by atoms with van der Waals surface area (Å²) in [5.41, 5.74) is 1.84. The molecule has 2 heterocycles. The van der Waals surface area contributed by atoms with Gasteiger partial charge in [0.1, 0.15) is 17.4 Å². The van der Waals surface area contributed by atoms with Gasteiger partial charge in [-0.05, 0) is 48.8 Å². The quantitative estimate of drug-likeness (QED) is 0.775. The third-order valence-corrected chi connectivity index (χ3v) is 4.46. The van der Waals surface area contributed by atoms with Crippen LogP contribution in [0.2, 0.25) is 5.02 Å². The van der Waals surface area contributed by atoms with Crippen molar-refractivity contribution in [3.8, 4) is 0 Å². The number of rotatable bonds is 4. The van der Waals surface area contributed by atoms with Crippen LogP contribution in [-0.2, 0) is 0 Å². The van der Waals surface area contributed by atoms with Gasteiger partial charge in [-0.2, -0.15) is 0 Å². The summed E-state index contributed by atoms with van der Waals surface area (Å²) in [4.78, 5) is 1.10. The van der Waals surface area contributed by atoms with E-state index in [1.54, 1.807) is 0 Å². The summed E-state index contributed by atoms with van der Waals surface area (Å²) in [6, 6.07) is 7.60. The van der Waals surface area contributed by atoms with Gasteiger partial charge >= 0.3 is 0 Å². The lowest BCUT2D eigenvalue weighted by molar-refractivity contribution is 0.492. The van der Waals surface area contributed by atoms with Gasteiger partial charge < -0.3 is 9.73 Å². The Labute approximate surface area is 132 Å². The molecule has 6 heteroatoms. The zero-order valence-corrected chi connectivity index (χ0v) is 13.6. The molecule has 0 bridgehead atoms. The van der Waals surface area contributed by atoms with Gasteiger partial charge in [-0.15, -0.1) is 5.10 Å². The summed E-state index contributed by atoms with van der Waals surface area (Å²) >= 11 is 7.44. The summed E-state index contributed by atoms with van der Waals surface area (Å²) in [5, 5.41) is 9.25. The average Bonchev–Trinajstić information content (AvgIpc) is 3.06. The van der Waals surface area contributed by atoms with E-state index < -0.39 is 0 Å². The first-order valence-corrected chi connectivity index (χ1v) is 7.93. The van der Waals surface area contributed by atoms with E-state index in [2.05, 4.69) is 28.8 Å². The van der Waals surface area contributed by atoms with Crippen LogP contribution >= 0.6 is 23.1 Å². The van der Waals surface area contributed by atoms with E-state index in [-0.39, 0.29) is 6.04 Å². The molecule has 1 N–H and O–H groups in total. The van der Waals surface area contributed by atoms with E-state index >= 15 is 0 Å². The molecule has 1 aromatic carbocycles. The standard InChI is InChI=1S/C15H16ClN3OS/c1-8(2)13-15(21-19-18-13)14(17-3)12-7-9-6-10(16)4-5-11(9)20-12/h4-8,14,17H,1-3H3. The Kier molecular flexibility index (Phi) is 3.97. The number of hydrogen-bond acceptors (Lipinski definition) is 5. The van der Waals surface area contributed by atoms with Gasteiger partial charge in [-0.25, -0.2) is 0 Å². The fraction of sp³-hybridized carbons (Fsp3) is 0.333. The molecule has 0 saturated carbocycles. The smallest absolute Gasteiger partial charge is 0.134 e. The Bertz CT molecular complexity index is 765. The molecule has 2 aromatic heterocycles. The van der Waals surface area contributed by atoms with Crippen LogP contribution < -0.4 is 5.32 Å². The number of fused-ring (bicyclic) bond motifs is 1. The molecule has 21 heavy (non-hydrogen) atoms. The van der Waals surface area contributed by atoms with Crippen molar-refractivity contribution in [2.45, 2.75) is 25.8 Å². The first-order chi connectivity index (χ1) is 10.1. The number of furan rings is 1. The molecule has 0 amide bonds. The molecule has 3 rings (SSSR count). The maximum Gasteiger partial charge on any atom is 0.134 e. The Hall–Kier alpha value is -1.43. The monoisotopic (exact) mass is 321 g/mol. The van der Waals surface area contributed by atoms with Crippen molar-refractivity contribution in [2.24, 2.45) is 0 Å². The molecule has 0 aliphatic rings. The van der Waals surface area contributed by atoms with Crippen LogP contribution in [0.5, 0.6) is 0 Å². The molecule has 0 aliphatic heterocycles. The van der Waals surface area contributed by atoms with Gasteiger partial charge in [0.15, 0.2) is 0 Å². The van der Waals surface area contributed by atoms with Crippen molar-refractivity contribution in [1.82, 2.24) is 14.9 Å². The second kappa shape index (κ2) is 5.75. The molecule has 4 nitrogen and oxygen atoms in total. The molecule has 0 radical (unpaired) electrons. The summed E-state index contributed by atoms with van der Waals surface area (Å²) in [5.74, 6) is 1.18. The molecule has 0 aliphatic carbocycles. The third-order valence-electron chi connectivity index (χ3n) is 3.42. The first-order valence-electron chi connectivity index (χ1n) is 6.78. The summed E-state index contributed by atoms with van der Waals surface area (Å²) < 4.78 is 10.1. The highest BCUT2D eigenvalue weighted by Crippen LogP contribution is 2.34. The van der Waals surface area contributed by atoms with Gasteiger partial charge in [0.05, 0.1) is 10.6 Å². The lowest BCUT2D eigenvalue weighted by atomic mass is 10.0. The number of nitrogens with zero attached hydrogens (tertiary/aromatic N) is 2. The predicted molar refractivity (Wildman–Crippen MR) is 86.1 cm³/mol. The van der Waals surface area contributed by atoms with Crippen molar-refractivity contribution in [2.75, 3.05) is 7.05 Å². The zero-order chi connectivity index (χ0) is 15.0. The number of aromatic nitrogens is 2. The lowest BCUT2D eigenvalue weighted by Crippen LogP contribution is -2.17. The highest BCUT2D eigenvalue weighted by Gasteiger charge is 2.24. The topological polar surface area (TPSA) is 51.0 Å². The van der Waals surface area contributed by atoms with Crippen LogP contribution in [0.1, 0.15) is 42.1 Å². The van der Waals surface area contributed by atoms with Gasteiger partial charge in [0.25, 0.3) is 0 Å². The van der Waals surface area contributed by atoms with Crippen molar-refractivity contribution >= 4 is 34.1 Å². The van der Waals surface area contributed by atoms with Crippen molar-refractivity contribution < 1.29 is 4.42 Å². The Morgan fingerprint density at radius 3 is 2.81 bits per heavy atom. The van der Waals surface area contributed by atoms with Gasteiger partial charge in [0.2, 0.25) is 0 Å². The fourth-order valence-corrected chi connectivity index (χ4v) is 3.49. The largest absolute Gasteiger partial charge is 0.459 e. The highest BCUT2D eigenvalue weighted by atomic mass is 35.5. The number of halogens is 1. The van der Waals surface area contributed by atoms with E-state index in [1.165, 1.54) is 11.5 Å². The highest BCUT2D eigenvalue weighted by molar-refractivity contribution is 7.05. The molecule has 1 unspecified atom stereocenters. The minimum absolute atomic E-state index is 0.0476. The van der Waals surface area contributed by atoms with Gasteiger partial charge in [-0.1, -0.05) is 29.9 Å². The number of hydrogen-bond donors (Lipinski definition) is 1. The molecule has 3 aromatic rings. The zero-order valence-electron chi connectivity index (χ0n) is 12.1. The predicted octanol–water partition coefficient (Wildman–Crippen LogP) is 4.37. The minimum Gasteiger partial charge on any atom is -0.459 e. The van der Waals surface area contributed by atoms with Crippen LogP contribution in [0.4, 0.5) is 0 Å². The Morgan fingerprint density at radius 2 is 2.10 bits per heavy atom. The molecule has 0 saturated heterocycles. The maximum absolute atomic E-state index is 6.03. The molecular formula is C15H16ClN3OS. The maximum atomic E-state index is 6.03. The Balaban J connectivity index is 2.07. The first kappa shape index (κ1) is 14.5. The number of benzene rings is 1. The molecule has 0 fully saturated rings. The lowest BCUT2D eigenvalue weighted by Gasteiger charge is -2.13.